The van der Waals surface area contributed by atoms with Crippen molar-refractivity contribution in [2.45, 2.75) is 19.8 Å². The van der Waals surface area contributed by atoms with E-state index in [9.17, 15) is 0 Å². The number of guanidine groups is 1. The van der Waals surface area contributed by atoms with Gasteiger partial charge in [0.2, 0.25) is 0 Å². The zero-order valence-electron chi connectivity index (χ0n) is 16.5. The van der Waals surface area contributed by atoms with Gasteiger partial charge in [-0.3, -0.25) is 9.39 Å². The average molecular weight is 382 g/mol. The van der Waals surface area contributed by atoms with Crippen LogP contribution < -0.4 is 20.1 Å². The van der Waals surface area contributed by atoms with Crippen LogP contribution in [0.3, 0.4) is 0 Å². The minimum Gasteiger partial charge on any atom is -0.493 e. The predicted octanol–water partition coefficient (Wildman–Crippen LogP) is 2.76. The molecule has 148 valence electrons. The predicted molar refractivity (Wildman–Crippen MR) is 110 cm³/mol. The Bertz CT molecular complexity index is 937. The molecule has 0 aliphatic rings. The Morgan fingerprint density at radius 2 is 2.07 bits per heavy atom. The van der Waals surface area contributed by atoms with Crippen LogP contribution in [-0.2, 0) is 6.42 Å². The first kappa shape index (κ1) is 19.5. The van der Waals surface area contributed by atoms with Gasteiger partial charge in [-0.1, -0.05) is 6.07 Å². The summed E-state index contributed by atoms with van der Waals surface area (Å²) in [6.07, 6.45) is 3.72. The minimum absolute atomic E-state index is 0.591. The summed E-state index contributed by atoms with van der Waals surface area (Å²) in [7, 11) is 3.37. The zero-order chi connectivity index (χ0) is 19.8. The molecule has 2 heterocycles. The topological polar surface area (TPSA) is 85.1 Å². The maximum Gasteiger partial charge on any atom is 0.195 e. The molecule has 0 spiro atoms. The lowest BCUT2D eigenvalue weighted by Gasteiger charge is -2.14. The highest BCUT2D eigenvalue weighted by Gasteiger charge is 2.07. The van der Waals surface area contributed by atoms with Crippen LogP contribution in [0.4, 0.5) is 5.69 Å². The molecule has 0 aliphatic carbocycles. The number of methoxy groups -OCH3 is 1. The monoisotopic (exact) mass is 382 g/mol. The summed E-state index contributed by atoms with van der Waals surface area (Å²) in [4.78, 5) is 4.27. The van der Waals surface area contributed by atoms with Crippen molar-refractivity contribution in [2.24, 2.45) is 4.99 Å². The van der Waals surface area contributed by atoms with Crippen molar-refractivity contribution in [1.29, 1.82) is 0 Å². The Kier molecular flexibility index (Phi) is 6.67. The summed E-state index contributed by atoms with van der Waals surface area (Å²) in [5, 5.41) is 15.0. The van der Waals surface area contributed by atoms with Gasteiger partial charge in [0.15, 0.2) is 23.1 Å². The Balaban J connectivity index is 1.52. The van der Waals surface area contributed by atoms with Crippen molar-refractivity contribution in [2.75, 3.05) is 32.6 Å². The third-order valence-electron chi connectivity index (χ3n) is 4.20. The number of aliphatic imine (C=N–C) groups is 1. The molecule has 2 N–H and O–H groups in total. The Morgan fingerprint density at radius 1 is 1.18 bits per heavy atom. The Hall–Kier alpha value is -3.29. The molecule has 0 atom stereocenters. The first-order valence-corrected chi connectivity index (χ1v) is 9.32. The SMILES string of the molecule is CCOc1ccc(NC(=NC)NCCCc2nnc3ccccn23)cc1OC. The lowest BCUT2D eigenvalue weighted by atomic mass is 10.2. The second-order valence-corrected chi connectivity index (χ2v) is 6.07. The first-order valence-electron chi connectivity index (χ1n) is 9.32. The Labute approximate surface area is 164 Å². The van der Waals surface area contributed by atoms with Crippen LogP contribution >= 0.6 is 0 Å². The van der Waals surface area contributed by atoms with Gasteiger partial charge in [-0.05, 0) is 37.6 Å². The third kappa shape index (κ3) is 4.70. The highest BCUT2D eigenvalue weighted by molar-refractivity contribution is 5.93. The van der Waals surface area contributed by atoms with Crippen LogP contribution in [-0.4, -0.2) is 47.9 Å². The molecule has 0 amide bonds. The van der Waals surface area contributed by atoms with E-state index in [2.05, 4.69) is 25.8 Å². The molecule has 0 bridgehead atoms. The third-order valence-corrected chi connectivity index (χ3v) is 4.20. The number of nitrogens with one attached hydrogen (secondary N) is 2. The van der Waals surface area contributed by atoms with Crippen LogP contribution in [0, 0.1) is 0 Å². The largest absolute Gasteiger partial charge is 0.493 e. The highest BCUT2D eigenvalue weighted by atomic mass is 16.5. The number of hydrogen-bond acceptors (Lipinski definition) is 5. The van der Waals surface area contributed by atoms with Gasteiger partial charge in [-0.2, -0.15) is 0 Å². The van der Waals surface area contributed by atoms with Crippen molar-refractivity contribution >= 4 is 17.3 Å². The molecule has 8 heteroatoms. The number of hydrogen-bond donors (Lipinski definition) is 2. The van der Waals surface area contributed by atoms with Gasteiger partial charge >= 0.3 is 0 Å². The molecule has 28 heavy (non-hydrogen) atoms. The number of rotatable bonds is 8. The molecule has 0 radical (unpaired) electrons. The number of benzene rings is 1. The average Bonchev–Trinajstić information content (AvgIpc) is 3.14. The highest BCUT2D eigenvalue weighted by Crippen LogP contribution is 2.30. The van der Waals surface area contributed by atoms with E-state index >= 15 is 0 Å². The van der Waals surface area contributed by atoms with Crippen LogP contribution in [0.1, 0.15) is 19.2 Å². The Morgan fingerprint density at radius 3 is 2.86 bits per heavy atom. The van der Waals surface area contributed by atoms with Gasteiger partial charge in [-0.15, -0.1) is 10.2 Å². The summed E-state index contributed by atoms with van der Waals surface area (Å²) in [6, 6.07) is 11.6. The molecule has 1 aromatic carbocycles. The summed E-state index contributed by atoms with van der Waals surface area (Å²) in [6.45, 7) is 3.29. The van der Waals surface area contributed by atoms with E-state index in [0.29, 0.717) is 18.3 Å². The molecule has 3 aromatic rings. The molecule has 0 aliphatic heterocycles. The number of aryl methyl sites for hydroxylation is 1. The van der Waals surface area contributed by atoms with Crippen molar-refractivity contribution in [3.8, 4) is 11.5 Å². The van der Waals surface area contributed by atoms with Crippen LogP contribution in [0.15, 0.2) is 47.6 Å². The number of anilines is 1. The van der Waals surface area contributed by atoms with Gasteiger partial charge in [-0.25, -0.2) is 0 Å². The van der Waals surface area contributed by atoms with Crippen LogP contribution in [0.5, 0.6) is 11.5 Å². The van der Waals surface area contributed by atoms with Crippen molar-refractivity contribution in [3.05, 3.63) is 48.4 Å². The van der Waals surface area contributed by atoms with E-state index < -0.39 is 0 Å². The molecule has 0 unspecified atom stereocenters. The van der Waals surface area contributed by atoms with Crippen LogP contribution in [0.2, 0.25) is 0 Å². The second kappa shape index (κ2) is 9.59. The van der Waals surface area contributed by atoms with E-state index in [1.54, 1.807) is 14.2 Å². The van der Waals surface area contributed by atoms with Crippen molar-refractivity contribution < 1.29 is 9.47 Å². The van der Waals surface area contributed by atoms with E-state index in [1.165, 1.54) is 0 Å². The fourth-order valence-corrected chi connectivity index (χ4v) is 2.85. The zero-order valence-corrected chi connectivity index (χ0v) is 16.5. The minimum atomic E-state index is 0.591. The van der Waals surface area contributed by atoms with E-state index in [-0.39, 0.29) is 0 Å². The maximum atomic E-state index is 5.55. The fraction of sp³-hybridized carbons (Fsp3) is 0.350. The summed E-state index contributed by atoms with van der Waals surface area (Å²) in [5.74, 6) is 3.05. The van der Waals surface area contributed by atoms with Gasteiger partial charge in [0.25, 0.3) is 0 Å². The summed E-state index contributed by atoms with van der Waals surface area (Å²) < 4.78 is 12.9. The van der Waals surface area contributed by atoms with Crippen molar-refractivity contribution in [1.82, 2.24) is 19.9 Å². The molecule has 0 saturated carbocycles. The molecule has 3 rings (SSSR count). The molecular weight excluding hydrogens is 356 g/mol. The summed E-state index contributed by atoms with van der Waals surface area (Å²) in [5.41, 5.74) is 1.74. The number of ether oxygens (including phenoxy) is 2. The fourth-order valence-electron chi connectivity index (χ4n) is 2.85. The molecule has 8 nitrogen and oxygen atoms in total. The van der Waals surface area contributed by atoms with E-state index in [0.717, 1.165) is 42.3 Å². The quantitative estimate of drug-likeness (QED) is 0.354. The summed E-state index contributed by atoms with van der Waals surface area (Å²) >= 11 is 0. The van der Waals surface area contributed by atoms with Gasteiger partial charge < -0.3 is 20.1 Å². The molecule has 0 fully saturated rings. The lowest BCUT2D eigenvalue weighted by Crippen LogP contribution is -2.31. The van der Waals surface area contributed by atoms with Gasteiger partial charge in [0.05, 0.1) is 13.7 Å². The van der Waals surface area contributed by atoms with Gasteiger partial charge in [0, 0.05) is 38.0 Å². The van der Waals surface area contributed by atoms with Crippen molar-refractivity contribution in [3.63, 3.8) is 0 Å². The number of fused-ring (bicyclic) bond motifs is 1. The number of aromatic nitrogens is 3. The second-order valence-electron chi connectivity index (χ2n) is 6.07. The maximum absolute atomic E-state index is 5.55. The van der Waals surface area contributed by atoms with E-state index in [1.807, 2.05) is 53.9 Å². The molecule has 0 saturated heterocycles. The molecule has 2 aromatic heterocycles. The van der Waals surface area contributed by atoms with Gasteiger partial charge in [0.1, 0.15) is 5.82 Å². The molecular formula is C20H26N6O2. The number of pyridine rings is 1. The normalized spacial score (nSPS) is 11.5. The first-order chi connectivity index (χ1) is 13.7. The lowest BCUT2D eigenvalue weighted by molar-refractivity contribution is 0.311. The van der Waals surface area contributed by atoms with Crippen LogP contribution in [0.25, 0.3) is 5.65 Å². The standard InChI is InChI=1S/C20H26N6O2/c1-4-28-16-11-10-15(14-17(16)27-3)23-20(21-2)22-12-7-9-19-25-24-18-8-5-6-13-26(18)19/h5-6,8,10-11,13-14H,4,7,9,12H2,1-3H3,(H2,21,22,23). The van der Waals surface area contributed by atoms with E-state index in [4.69, 9.17) is 9.47 Å². The smallest absolute Gasteiger partial charge is 0.195 e. The number of nitrogens with zero attached hydrogens (tertiary/aromatic N) is 4.